The van der Waals surface area contributed by atoms with Crippen LogP contribution in [0, 0.1) is 0 Å². The van der Waals surface area contributed by atoms with Crippen LogP contribution in [0.1, 0.15) is 12.8 Å². The summed E-state index contributed by atoms with van der Waals surface area (Å²) in [6.07, 6.45) is 1.39. The van der Waals surface area contributed by atoms with Gasteiger partial charge in [-0.3, -0.25) is 4.79 Å². The number of fused-ring (bicyclic) bond motifs is 1. The molecule has 19 heavy (non-hydrogen) atoms. The summed E-state index contributed by atoms with van der Waals surface area (Å²) in [7, 11) is 0. The Morgan fingerprint density at radius 1 is 1.21 bits per heavy atom. The van der Waals surface area contributed by atoms with E-state index in [1.165, 1.54) is 0 Å². The molecular formula is C14H18N2O3. The van der Waals surface area contributed by atoms with E-state index < -0.39 is 6.10 Å². The monoisotopic (exact) mass is 262 g/mol. The zero-order valence-corrected chi connectivity index (χ0v) is 10.7. The quantitative estimate of drug-likeness (QED) is 0.823. The number of amides is 1. The highest BCUT2D eigenvalue weighted by atomic mass is 16.6. The second kappa shape index (κ2) is 5.48. The van der Waals surface area contributed by atoms with E-state index in [9.17, 15) is 4.79 Å². The van der Waals surface area contributed by atoms with Crippen LogP contribution in [0.4, 0.5) is 0 Å². The molecule has 1 amide bonds. The fourth-order valence-corrected chi connectivity index (χ4v) is 2.41. The maximum atomic E-state index is 12.1. The molecule has 1 fully saturated rings. The molecule has 5 heteroatoms. The van der Waals surface area contributed by atoms with Crippen molar-refractivity contribution in [1.29, 1.82) is 0 Å². The standard InChI is InChI=1S/C14H18N2O3/c17-14(16-10-5-7-15-8-6-10)13-9-18-11-3-1-2-4-12(11)19-13/h1-4,10,13,15H,5-9H2,(H,16,17)/t13-/m0/s1. The van der Waals surface area contributed by atoms with E-state index in [0.29, 0.717) is 11.5 Å². The Labute approximate surface area is 112 Å². The van der Waals surface area contributed by atoms with Gasteiger partial charge >= 0.3 is 0 Å². The normalized spacial score (nSPS) is 22.8. The Bertz CT molecular complexity index is 458. The molecule has 2 heterocycles. The van der Waals surface area contributed by atoms with Crippen molar-refractivity contribution < 1.29 is 14.3 Å². The number of hydrogen-bond donors (Lipinski definition) is 2. The van der Waals surface area contributed by atoms with Crippen molar-refractivity contribution in [1.82, 2.24) is 10.6 Å². The number of carbonyl (C=O) groups is 1. The molecule has 2 aliphatic rings. The number of benzene rings is 1. The minimum Gasteiger partial charge on any atom is -0.485 e. The number of hydrogen-bond acceptors (Lipinski definition) is 4. The summed E-state index contributed by atoms with van der Waals surface area (Å²) in [4.78, 5) is 12.1. The van der Waals surface area contributed by atoms with Crippen molar-refractivity contribution in [2.75, 3.05) is 19.7 Å². The molecule has 0 aromatic heterocycles. The summed E-state index contributed by atoms with van der Waals surface area (Å²) in [5.41, 5.74) is 0. The maximum Gasteiger partial charge on any atom is 0.264 e. The second-order valence-electron chi connectivity index (χ2n) is 4.90. The van der Waals surface area contributed by atoms with Crippen LogP contribution in [0.15, 0.2) is 24.3 Å². The molecule has 3 rings (SSSR count). The second-order valence-corrected chi connectivity index (χ2v) is 4.90. The minimum atomic E-state index is -0.551. The van der Waals surface area contributed by atoms with Crippen LogP contribution in [0.3, 0.4) is 0 Å². The zero-order chi connectivity index (χ0) is 13.1. The van der Waals surface area contributed by atoms with Crippen LogP contribution in [0.2, 0.25) is 0 Å². The maximum absolute atomic E-state index is 12.1. The van der Waals surface area contributed by atoms with E-state index in [4.69, 9.17) is 9.47 Å². The zero-order valence-electron chi connectivity index (χ0n) is 10.7. The predicted octanol–water partition coefficient (Wildman–Crippen LogP) is 0.695. The first-order valence-corrected chi connectivity index (χ1v) is 6.72. The number of carbonyl (C=O) groups excluding carboxylic acids is 1. The summed E-state index contributed by atoms with van der Waals surface area (Å²) in [6.45, 7) is 2.18. The Morgan fingerprint density at radius 2 is 1.95 bits per heavy atom. The number of para-hydroxylation sites is 2. The van der Waals surface area contributed by atoms with E-state index in [2.05, 4.69) is 10.6 Å². The Balaban J connectivity index is 1.59. The number of piperidine rings is 1. The number of rotatable bonds is 2. The van der Waals surface area contributed by atoms with E-state index >= 15 is 0 Å². The summed E-state index contributed by atoms with van der Waals surface area (Å²) >= 11 is 0. The van der Waals surface area contributed by atoms with Gasteiger partial charge in [-0.2, -0.15) is 0 Å². The van der Waals surface area contributed by atoms with Crippen LogP contribution >= 0.6 is 0 Å². The van der Waals surface area contributed by atoms with Crippen molar-refractivity contribution in [3.63, 3.8) is 0 Å². The third kappa shape index (κ3) is 2.81. The average Bonchev–Trinajstić information content (AvgIpc) is 2.48. The Hall–Kier alpha value is -1.75. The number of nitrogens with one attached hydrogen (secondary N) is 2. The molecule has 1 saturated heterocycles. The molecule has 0 spiro atoms. The highest BCUT2D eigenvalue weighted by Gasteiger charge is 2.28. The largest absolute Gasteiger partial charge is 0.485 e. The average molecular weight is 262 g/mol. The molecule has 2 aliphatic heterocycles. The number of ether oxygens (including phenoxy) is 2. The van der Waals surface area contributed by atoms with Crippen LogP contribution in [0.25, 0.3) is 0 Å². The molecule has 0 radical (unpaired) electrons. The predicted molar refractivity (Wildman–Crippen MR) is 70.4 cm³/mol. The van der Waals surface area contributed by atoms with Crippen LogP contribution in [-0.2, 0) is 4.79 Å². The molecule has 1 atom stereocenters. The SMILES string of the molecule is O=C(NC1CCNCC1)[C@@H]1COc2ccccc2O1. The minimum absolute atomic E-state index is 0.0820. The molecule has 102 valence electrons. The van der Waals surface area contributed by atoms with Crippen LogP contribution in [-0.4, -0.2) is 37.7 Å². The lowest BCUT2D eigenvalue weighted by Crippen LogP contribution is -2.50. The Kier molecular flexibility index (Phi) is 3.55. The van der Waals surface area contributed by atoms with Gasteiger partial charge in [0, 0.05) is 6.04 Å². The van der Waals surface area contributed by atoms with Crippen molar-refractivity contribution >= 4 is 5.91 Å². The summed E-state index contributed by atoms with van der Waals surface area (Å²) in [5, 5.41) is 6.31. The highest BCUT2D eigenvalue weighted by Crippen LogP contribution is 2.30. The molecule has 1 aromatic carbocycles. The molecule has 0 unspecified atom stereocenters. The molecule has 0 bridgehead atoms. The summed E-state index contributed by atoms with van der Waals surface area (Å²) < 4.78 is 11.2. The van der Waals surface area contributed by atoms with E-state index in [-0.39, 0.29) is 18.6 Å². The molecule has 1 aromatic rings. The van der Waals surface area contributed by atoms with Gasteiger partial charge in [-0.1, -0.05) is 12.1 Å². The summed E-state index contributed by atoms with van der Waals surface area (Å²) in [5.74, 6) is 1.26. The van der Waals surface area contributed by atoms with Gasteiger partial charge < -0.3 is 20.1 Å². The van der Waals surface area contributed by atoms with Crippen molar-refractivity contribution in [3.05, 3.63) is 24.3 Å². The molecule has 2 N–H and O–H groups in total. The van der Waals surface area contributed by atoms with Crippen molar-refractivity contribution in [3.8, 4) is 11.5 Å². The smallest absolute Gasteiger partial charge is 0.264 e. The van der Waals surface area contributed by atoms with Crippen LogP contribution < -0.4 is 20.1 Å². The lowest BCUT2D eigenvalue weighted by atomic mass is 10.1. The van der Waals surface area contributed by atoms with E-state index in [0.717, 1.165) is 25.9 Å². The van der Waals surface area contributed by atoms with E-state index in [1.807, 2.05) is 24.3 Å². The van der Waals surface area contributed by atoms with Gasteiger partial charge in [-0.05, 0) is 38.1 Å². The molecule has 0 aliphatic carbocycles. The van der Waals surface area contributed by atoms with Gasteiger partial charge in [0.2, 0.25) is 6.10 Å². The van der Waals surface area contributed by atoms with Gasteiger partial charge in [-0.25, -0.2) is 0 Å². The van der Waals surface area contributed by atoms with Crippen LogP contribution in [0.5, 0.6) is 11.5 Å². The Morgan fingerprint density at radius 3 is 2.74 bits per heavy atom. The molecule has 5 nitrogen and oxygen atoms in total. The van der Waals surface area contributed by atoms with Gasteiger partial charge in [0.25, 0.3) is 5.91 Å². The third-order valence-electron chi connectivity index (χ3n) is 3.49. The fourth-order valence-electron chi connectivity index (χ4n) is 2.41. The van der Waals surface area contributed by atoms with Crippen molar-refractivity contribution in [2.45, 2.75) is 25.0 Å². The van der Waals surface area contributed by atoms with Crippen molar-refractivity contribution in [2.24, 2.45) is 0 Å². The highest BCUT2D eigenvalue weighted by molar-refractivity contribution is 5.82. The lowest BCUT2D eigenvalue weighted by molar-refractivity contribution is -0.131. The molecular weight excluding hydrogens is 244 g/mol. The van der Waals surface area contributed by atoms with Gasteiger partial charge in [0.1, 0.15) is 6.61 Å². The van der Waals surface area contributed by atoms with Gasteiger partial charge in [0.05, 0.1) is 0 Å². The first-order chi connectivity index (χ1) is 9.33. The van der Waals surface area contributed by atoms with Gasteiger partial charge in [0.15, 0.2) is 11.5 Å². The first kappa shape index (κ1) is 12.3. The topological polar surface area (TPSA) is 59.6 Å². The third-order valence-corrected chi connectivity index (χ3v) is 3.49. The first-order valence-electron chi connectivity index (χ1n) is 6.72. The fraction of sp³-hybridized carbons (Fsp3) is 0.500. The molecule has 0 saturated carbocycles. The van der Waals surface area contributed by atoms with E-state index in [1.54, 1.807) is 0 Å². The summed E-state index contributed by atoms with van der Waals surface area (Å²) in [6, 6.07) is 7.66. The van der Waals surface area contributed by atoms with Gasteiger partial charge in [-0.15, -0.1) is 0 Å². The lowest BCUT2D eigenvalue weighted by Gasteiger charge is -2.29.